The van der Waals surface area contributed by atoms with E-state index in [1.54, 1.807) is 43.5 Å². The quantitative estimate of drug-likeness (QED) is 0.0597. The van der Waals surface area contributed by atoms with Gasteiger partial charge in [-0.3, -0.25) is 14.9 Å². The highest BCUT2D eigenvalue weighted by Crippen LogP contribution is 2.37. The lowest BCUT2D eigenvalue weighted by molar-refractivity contribution is -0.127. The molecule has 9 heteroatoms. The number of methoxy groups -OCH3 is 1. The van der Waals surface area contributed by atoms with Crippen LogP contribution in [0.15, 0.2) is 133 Å². The van der Waals surface area contributed by atoms with E-state index in [1.165, 1.54) is 12.1 Å². The minimum Gasteiger partial charge on any atom is -0.497 e. The van der Waals surface area contributed by atoms with Gasteiger partial charge in [0, 0.05) is 5.69 Å². The molecule has 0 saturated heterocycles. The Kier molecular flexibility index (Phi) is 13.1. The lowest BCUT2D eigenvalue weighted by Crippen LogP contribution is -2.50. The van der Waals surface area contributed by atoms with Crippen molar-refractivity contribution in [3.8, 4) is 5.75 Å². The number of nitrogens with one attached hydrogen (secondary N) is 3. The van der Waals surface area contributed by atoms with Crippen molar-refractivity contribution in [3.05, 3.63) is 167 Å². The van der Waals surface area contributed by atoms with Crippen molar-refractivity contribution < 1.29 is 23.8 Å². The van der Waals surface area contributed by atoms with E-state index in [0.717, 1.165) is 22.4 Å². The smallest absolute Gasteiger partial charge is 0.246 e. The number of unbranched alkanes of at least 4 members (excludes halogenated alkanes) is 1. The Morgan fingerprint density at radius 3 is 1.88 bits per heavy atom. The summed E-state index contributed by atoms with van der Waals surface area (Å²) in [4.78, 5) is 26.8. The van der Waals surface area contributed by atoms with Gasteiger partial charge in [-0.2, -0.15) is 0 Å². The molecule has 0 spiro atoms. The van der Waals surface area contributed by atoms with Gasteiger partial charge in [0.1, 0.15) is 17.6 Å². The van der Waals surface area contributed by atoms with E-state index in [1.807, 2.05) is 48.5 Å². The number of rotatable bonds is 17. The second-order valence-corrected chi connectivity index (χ2v) is 12.5. The van der Waals surface area contributed by atoms with Crippen LogP contribution in [0, 0.1) is 5.82 Å². The normalized spacial score (nSPS) is 12.5. The van der Waals surface area contributed by atoms with E-state index in [9.17, 15) is 19.1 Å². The molecule has 2 amide bonds. The van der Waals surface area contributed by atoms with Crippen LogP contribution in [0.25, 0.3) is 0 Å². The third kappa shape index (κ3) is 9.67. The van der Waals surface area contributed by atoms with Crippen molar-refractivity contribution in [1.82, 2.24) is 10.6 Å². The molecule has 0 fully saturated rings. The van der Waals surface area contributed by atoms with Crippen LogP contribution in [0.4, 0.5) is 10.1 Å². The summed E-state index contributed by atoms with van der Waals surface area (Å²) in [5.74, 6) is -0.450. The van der Waals surface area contributed by atoms with Crippen LogP contribution in [0.5, 0.6) is 5.75 Å². The number of carbonyl (C=O) groups is 2. The third-order valence-corrected chi connectivity index (χ3v) is 8.99. The number of hydrogen-bond donors (Lipinski definition) is 5. The third-order valence-electron chi connectivity index (χ3n) is 8.99. The number of nitrogens with two attached hydrogens (primary N) is 1. The Balaban J connectivity index is 1.32. The number of aliphatic hydroxyl groups excluding tert-OH is 1. The summed E-state index contributed by atoms with van der Waals surface area (Å²) in [5, 5.41) is 19.0. The van der Waals surface area contributed by atoms with Gasteiger partial charge in [-0.25, -0.2) is 4.39 Å². The molecule has 5 rings (SSSR count). The van der Waals surface area contributed by atoms with Gasteiger partial charge in [0.2, 0.25) is 11.8 Å². The second-order valence-electron chi connectivity index (χ2n) is 12.5. The second kappa shape index (κ2) is 18.1. The fraction of sp³-hybridized carbons (Fsp3) is 0.238. The van der Waals surface area contributed by atoms with Gasteiger partial charge in [-0.05, 0) is 96.4 Å². The first kappa shape index (κ1) is 36.9. The summed E-state index contributed by atoms with van der Waals surface area (Å²) < 4.78 is 18.9. The van der Waals surface area contributed by atoms with Gasteiger partial charge in [0.05, 0.1) is 25.3 Å². The average Bonchev–Trinajstić information content (AvgIpc) is 3.17. The molecule has 0 heterocycles. The molecule has 0 aliphatic heterocycles. The molecule has 0 aromatic heterocycles. The van der Waals surface area contributed by atoms with E-state index in [0.29, 0.717) is 42.6 Å². The van der Waals surface area contributed by atoms with Crippen LogP contribution in [-0.4, -0.2) is 42.7 Å². The Hall–Kier alpha value is -5.35. The van der Waals surface area contributed by atoms with Crippen LogP contribution in [0.1, 0.15) is 47.1 Å². The summed E-state index contributed by atoms with van der Waals surface area (Å²) in [7, 11) is 1.65. The number of amides is 2. The summed E-state index contributed by atoms with van der Waals surface area (Å²) in [6.07, 6.45) is 1.87. The molecule has 2 atom stereocenters. The number of benzene rings is 5. The molecule has 6 N–H and O–H groups in total. The highest BCUT2D eigenvalue weighted by atomic mass is 19.1. The van der Waals surface area contributed by atoms with E-state index in [2.05, 4.69) is 52.3 Å². The van der Waals surface area contributed by atoms with Crippen LogP contribution < -0.4 is 26.4 Å². The van der Waals surface area contributed by atoms with Crippen molar-refractivity contribution in [1.29, 1.82) is 0 Å². The lowest BCUT2D eigenvalue weighted by atomic mass is 9.77. The predicted octanol–water partition coefficient (Wildman–Crippen LogP) is 6.07. The van der Waals surface area contributed by atoms with Crippen LogP contribution in [0.2, 0.25) is 0 Å². The number of ether oxygens (including phenoxy) is 1. The number of hydrogen-bond acceptors (Lipinski definition) is 6. The molecule has 0 radical (unpaired) electrons. The Labute approximate surface area is 298 Å². The van der Waals surface area contributed by atoms with Gasteiger partial charge < -0.3 is 26.2 Å². The largest absolute Gasteiger partial charge is 0.497 e. The lowest BCUT2D eigenvalue weighted by Gasteiger charge is -2.37. The van der Waals surface area contributed by atoms with Gasteiger partial charge in [-0.15, -0.1) is 0 Å². The van der Waals surface area contributed by atoms with E-state index in [4.69, 9.17) is 10.5 Å². The zero-order valence-corrected chi connectivity index (χ0v) is 28.7. The summed E-state index contributed by atoms with van der Waals surface area (Å²) in [6.45, 7) is 0.492. The Morgan fingerprint density at radius 1 is 0.745 bits per heavy atom. The van der Waals surface area contributed by atoms with Crippen molar-refractivity contribution in [3.63, 3.8) is 0 Å². The van der Waals surface area contributed by atoms with Gasteiger partial charge in [0.15, 0.2) is 0 Å². The molecule has 51 heavy (non-hydrogen) atoms. The first-order valence-corrected chi connectivity index (χ1v) is 17.1. The van der Waals surface area contributed by atoms with Crippen LogP contribution in [-0.2, 0) is 28.2 Å². The fourth-order valence-electron chi connectivity index (χ4n) is 6.21. The molecular weight excluding hydrogens is 643 g/mol. The first-order valence-electron chi connectivity index (χ1n) is 17.1. The number of halogens is 1. The number of aliphatic hydroxyl groups is 1. The zero-order valence-electron chi connectivity index (χ0n) is 28.7. The molecule has 0 saturated carbocycles. The van der Waals surface area contributed by atoms with E-state index >= 15 is 0 Å². The molecule has 0 aliphatic rings. The van der Waals surface area contributed by atoms with E-state index in [-0.39, 0.29) is 24.8 Å². The highest BCUT2D eigenvalue weighted by molar-refractivity contribution is 5.97. The molecule has 264 valence electrons. The minimum absolute atomic E-state index is 0.110. The Bertz CT molecular complexity index is 1780. The first-order chi connectivity index (χ1) is 24.8. The van der Waals surface area contributed by atoms with Gasteiger partial charge >= 0.3 is 0 Å². The summed E-state index contributed by atoms with van der Waals surface area (Å²) >= 11 is 0. The zero-order chi connectivity index (χ0) is 36.1. The monoisotopic (exact) mass is 688 g/mol. The van der Waals surface area contributed by atoms with E-state index < -0.39 is 23.5 Å². The maximum absolute atomic E-state index is 13.6. The van der Waals surface area contributed by atoms with Gasteiger partial charge in [0.25, 0.3) is 0 Å². The summed E-state index contributed by atoms with van der Waals surface area (Å²) in [6, 6.07) is 39.5. The predicted molar refractivity (Wildman–Crippen MR) is 199 cm³/mol. The SMILES string of the molecule is COc1ccc(C(NCCCC[C@H](NC(=O)[C@@H](N)Cc2ccc(F)cc2)C(=O)Nc2ccc(CO)cc2)(c2ccccc2)c2ccccc2)cc1. The molecule has 5 aromatic rings. The maximum atomic E-state index is 13.6. The fourth-order valence-corrected chi connectivity index (χ4v) is 6.21. The molecular formula is C42H45FN4O4. The molecule has 0 bridgehead atoms. The van der Waals surface area contributed by atoms with Crippen molar-refractivity contribution >= 4 is 17.5 Å². The molecule has 0 unspecified atom stereocenters. The van der Waals surface area contributed by atoms with Crippen molar-refractivity contribution in [2.75, 3.05) is 19.0 Å². The van der Waals surface area contributed by atoms with Crippen LogP contribution >= 0.6 is 0 Å². The standard InChI is InChI=1S/C42H45FN4O4/c1-51-37-25-19-34(20-26-37)42(32-10-4-2-5-11-32,33-12-6-3-7-13-33)45-27-9-8-14-39(41(50)46-36-23-17-31(29-48)18-24-36)47-40(49)38(44)28-30-15-21-35(43)22-16-30/h2-7,10-13,15-26,38-39,45,48H,8-9,14,27-29,44H2,1H3,(H,46,50)(H,47,49)/t38-,39-/m0/s1. The number of carbonyl (C=O) groups excluding carboxylic acids is 2. The topological polar surface area (TPSA) is 126 Å². The highest BCUT2D eigenvalue weighted by Gasteiger charge is 2.36. The van der Waals surface area contributed by atoms with Crippen LogP contribution in [0.3, 0.4) is 0 Å². The van der Waals surface area contributed by atoms with Gasteiger partial charge in [-0.1, -0.05) is 97.1 Å². The summed E-state index contributed by atoms with van der Waals surface area (Å²) in [5.41, 5.74) is 10.8. The molecule has 5 aromatic carbocycles. The average molecular weight is 689 g/mol. The molecule has 8 nitrogen and oxygen atoms in total. The van der Waals surface area contributed by atoms with Crippen molar-refractivity contribution in [2.24, 2.45) is 5.73 Å². The number of anilines is 1. The maximum Gasteiger partial charge on any atom is 0.246 e. The van der Waals surface area contributed by atoms with Crippen molar-refractivity contribution in [2.45, 2.75) is 49.9 Å². The Morgan fingerprint density at radius 2 is 1.31 bits per heavy atom. The minimum atomic E-state index is -0.932. The molecule has 0 aliphatic carbocycles.